The summed E-state index contributed by atoms with van der Waals surface area (Å²) in [6.45, 7) is 4.67. The Kier molecular flexibility index (Phi) is 6.12. The van der Waals surface area contributed by atoms with Crippen molar-refractivity contribution in [2.24, 2.45) is 0 Å². The van der Waals surface area contributed by atoms with Crippen molar-refractivity contribution in [1.29, 1.82) is 0 Å². The van der Waals surface area contributed by atoms with Crippen LogP contribution in [0, 0.1) is 0 Å². The van der Waals surface area contributed by atoms with Gasteiger partial charge >= 0.3 is 12.1 Å². The lowest BCUT2D eigenvalue weighted by Crippen LogP contribution is -2.44. The molecule has 1 rings (SSSR count). The van der Waals surface area contributed by atoms with Gasteiger partial charge in [0.15, 0.2) is 0 Å². The summed E-state index contributed by atoms with van der Waals surface area (Å²) in [7, 11) is 1.36. The lowest BCUT2D eigenvalue weighted by Gasteiger charge is -2.26. The molecule has 0 aliphatic rings. The molecule has 0 aliphatic heterocycles. The van der Waals surface area contributed by atoms with Crippen molar-refractivity contribution in [1.82, 2.24) is 10.2 Å². The van der Waals surface area contributed by atoms with Crippen LogP contribution in [0.15, 0.2) is 30.3 Å². The van der Waals surface area contributed by atoms with E-state index in [1.807, 2.05) is 0 Å². The third-order valence-corrected chi connectivity index (χ3v) is 2.79. The van der Waals surface area contributed by atoms with Gasteiger partial charge in [0.05, 0.1) is 0 Å². The fraction of sp³-hybridized carbons (Fsp3) is 0.438. The number of amides is 2. The highest BCUT2D eigenvalue weighted by Gasteiger charge is 2.28. The highest BCUT2D eigenvalue weighted by atomic mass is 16.6. The van der Waals surface area contributed by atoms with E-state index in [4.69, 9.17) is 9.84 Å². The van der Waals surface area contributed by atoms with E-state index < -0.39 is 36.2 Å². The summed E-state index contributed by atoms with van der Waals surface area (Å²) < 4.78 is 5.16. The number of carbonyl (C=O) groups excluding carboxylic acids is 2. The van der Waals surface area contributed by atoms with Crippen molar-refractivity contribution < 1.29 is 24.2 Å². The topological polar surface area (TPSA) is 95.9 Å². The number of carboxylic acids is 1. The van der Waals surface area contributed by atoms with Gasteiger partial charge in [0.25, 0.3) is 0 Å². The largest absolute Gasteiger partial charge is 0.480 e. The molecule has 0 bridgehead atoms. The highest BCUT2D eigenvalue weighted by Crippen LogP contribution is 2.17. The average Bonchev–Trinajstić information content (AvgIpc) is 2.42. The van der Waals surface area contributed by atoms with Gasteiger partial charge in [0, 0.05) is 7.05 Å². The number of aliphatic carboxylic acids is 1. The van der Waals surface area contributed by atoms with Crippen LogP contribution in [0.2, 0.25) is 0 Å². The number of benzene rings is 1. The Labute approximate surface area is 135 Å². The van der Waals surface area contributed by atoms with E-state index in [1.54, 1.807) is 51.1 Å². The molecule has 0 saturated heterocycles. The van der Waals surface area contributed by atoms with Crippen molar-refractivity contribution in [3.63, 3.8) is 0 Å². The number of likely N-dealkylation sites (N-methyl/N-ethyl adjacent to an activating group) is 1. The maximum atomic E-state index is 12.5. The van der Waals surface area contributed by atoms with Crippen LogP contribution in [0.25, 0.3) is 0 Å². The molecule has 1 aromatic carbocycles. The van der Waals surface area contributed by atoms with Gasteiger partial charge in [-0.25, -0.2) is 4.79 Å². The summed E-state index contributed by atoms with van der Waals surface area (Å²) in [5.41, 5.74) is -0.165. The summed E-state index contributed by atoms with van der Waals surface area (Å²) >= 11 is 0. The lowest BCUT2D eigenvalue weighted by atomic mass is 10.1. The van der Waals surface area contributed by atoms with E-state index in [1.165, 1.54) is 7.05 Å². The van der Waals surface area contributed by atoms with Gasteiger partial charge in [-0.2, -0.15) is 0 Å². The standard InChI is InChI=1S/C16H22N2O5/c1-16(2,3)23-15(22)17-13(11-8-6-5-7-9-11)14(21)18(4)10-12(19)20/h5-9,13H,10H2,1-4H3,(H,17,22)(H,19,20)/t13-/m0/s1. The van der Waals surface area contributed by atoms with Crippen molar-refractivity contribution in [3.8, 4) is 0 Å². The van der Waals surface area contributed by atoms with Gasteiger partial charge < -0.3 is 20.1 Å². The fourth-order valence-corrected chi connectivity index (χ4v) is 1.86. The fourth-order valence-electron chi connectivity index (χ4n) is 1.86. The highest BCUT2D eigenvalue weighted by molar-refractivity contribution is 5.89. The zero-order valence-corrected chi connectivity index (χ0v) is 13.7. The van der Waals surface area contributed by atoms with E-state index >= 15 is 0 Å². The monoisotopic (exact) mass is 322 g/mol. The lowest BCUT2D eigenvalue weighted by molar-refractivity contribution is -0.144. The first-order chi connectivity index (χ1) is 10.6. The molecule has 0 unspecified atom stereocenters. The van der Waals surface area contributed by atoms with Crippen molar-refractivity contribution in [3.05, 3.63) is 35.9 Å². The number of alkyl carbamates (subject to hydrolysis) is 1. The van der Waals surface area contributed by atoms with Crippen LogP contribution < -0.4 is 5.32 Å². The van der Waals surface area contributed by atoms with Crippen LogP contribution in [0.3, 0.4) is 0 Å². The summed E-state index contributed by atoms with van der Waals surface area (Å²) in [5.74, 6) is -1.67. The number of nitrogens with one attached hydrogen (secondary N) is 1. The Bertz CT molecular complexity index is 566. The molecule has 7 heteroatoms. The second-order valence-electron chi connectivity index (χ2n) is 6.08. The minimum absolute atomic E-state index is 0.460. The Hall–Kier alpha value is -2.57. The Morgan fingerprint density at radius 3 is 2.26 bits per heavy atom. The van der Waals surface area contributed by atoms with Crippen LogP contribution in [0.5, 0.6) is 0 Å². The average molecular weight is 322 g/mol. The predicted molar refractivity (Wildman–Crippen MR) is 83.8 cm³/mol. The van der Waals surface area contributed by atoms with Crippen LogP contribution in [0.4, 0.5) is 4.79 Å². The summed E-state index contributed by atoms with van der Waals surface area (Å²) in [6.07, 6.45) is -0.747. The Balaban J connectivity index is 2.97. The van der Waals surface area contributed by atoms with Gasteiger partial charge in [0.2, 0.25) is 5.91 Å². The molecule has 7 nitrogen and oxygen atoms in total. The maximum absolute atomic E-state index is 12.5. The summed E-state index contributed by atoms with van der Waals surface area (Å²) in [4.78, 5) is 36.3. The van der Waals surface area contributed by atoms with Gasteiger partial charge in [-0.3, -0.25) is 9.59 Å². The number of carboxylic acid groups (broad SMARTS) is 1. The number of hydrogen-bond acceptors (Lipinski definition) is 4. The smallest absolute Gasteiger partial charge is 0.408 e. The Morgan fingerprint density at radius 2 is 1.78 bits per heavy atom. The minimum Gasteiger partial charge on any atom is -0.480 e. The van der Waals surface area contributed by atoms with Crippen LogP contribution in [0.1, 0.15) is 32.4 Å². The molecule has 126 valence electrons. The predicted octanol–water partition coefficient (Wildman–Crippen LogP) is 1.80. The van der Waals surface area contributed by atoms with E-state index in [2.05, 4.69) is 5.32 Å². The number of rotatable bonds is 5. The first-order valence-electron chi connectivity index (χ1n) is 7.11. The van der Waals surface area contributed by atoms with Crippen molar-refractivity contribution in [2.45, 2.75) is 32.4 Å². The second kappa shape index (κ2) is 7.62. The molecule has 1 atom stereocenters. The molecule has 2 N–H and O–H groups in total. The molecule has 0 aromatic heterocycles. The van der Waals surface area contributed by atoms with Gasteiger partial charge in [-0.05, 0) is 26.3 Å². The minimum atomic E-state index is -1.13. The third kappa shape index (κ3) is 6.37. The number of nitrogens with zero attached hydrogens (tertiary/aromatic N) is 1. The van der Waals surface area contributed by atoms with Crippen LogP contribution >= 0.6 is 0 Å². The van der Waals surface area contributed by atoms with Crippen LogP contribution in [-0.2, 0) is 14.3 Å². The van der Waals surface area contributed by atoms with E-state index in [-0.39, 0.29) is 0 Å². The quantitative estimate of drug-likeness (QED) is 0.861. The second-order valence-corrected chi connectivity index (χ2v) is 6.08. The molecule has 0 aliphatic carbocycles. The molecule has 0 heterocycles. The molecule has 0 spiro atoms. The van der Waals surface area contributed by atoms with Crippen molar-refractivity contribution >= 4 is 18.0 Å². The molecule has 0 radical (unpaired) electrons. The third-order valence-electron chi connectivity index (χ3n) is 2.79. The van der Waals surface area contributed by atoms with Gasteiger partial charge in [-0.15, -0.1) is 0 Å². The van der Waals surface area contributed by atoms with E-state index in [0.29, 0.717) is 5.56 Å². The zero-order valence-electron chi connectivity index (χ0n) is 13.7. The summed E-state index contributed by atoms with van der Waals surface area (Å²) in [6, 6.07) is 7.56. The first-order valence-corrected chi connectivity index (χ1v) is 7.11. The number of carbonyl (C=O) groups is 3. The van der Waals surface area contributed by atoms with Crippen LogP contribution in [-0.4, -0.2) is 47.2 Å². The first kappa shape index (κ1) is 18.5. The Morgan fingerprint density at radius 1 is 1.22 bits per heavy atom. The zero-order chi connectivity index (χ0) is 17.6. The normalized spacial score (nSPS) is 12.2. The maximum Gasteiger partial charge on any atom is 0.408 e. The molecular weight excluding hydrogens is 300 g/mol. The van der Waals surface area contributed by atoms with Gasteiger partial charge in [0.1, 0.15) is 18.2 Å². The van der Waals surface area contributed by atoms with Crippen molar-refractivity contribution in [2.75, 3.05) is 13.6 Å². The van der Waals surface area contributed by atoms with E-state index in [9.17, 15) is 14.4 Å². The van der Waals surface area contributed by atoms with Gasteiger partial charge in [-0.1, -0.05) is 30.3 Å². The molecule has 0 fully saturated rings. The van der Waals surface area contributed by atoms with E-state index in [0.717, 1.165) is 4.90 Å². The molecule has 0 saturated carbocycles. The number of hydrogen-bond donors (Lipinski definition) is 2. The molecule has 23 heavy (non-hydrogen) atoms. The molecular formula is C16H22N2O5. The number of ether oxygens (including phenoxy) is 1. The molecule has 2 amide bonds. The SMILES string of the molecule is CN(CC(=O)O)C(=O)[C@@H](NC(=O)OC(C)(C)C)c1ccccc1. The summed E-state index contributed by atoms with van der Waals surface area (Å²) in [5, 5.41) is 11.3. The molecule has 1 aromatic rings.